The minimum Gasteiger partial charge on any atom is -0.309 e. The quantitative estimate of drug-likeness (QED) is 0.844. The van der Waals surface area contributed by atoms with E-state index in [0.717, 1.165) is 6.42 Å². The Kier molecular flexibility index (Phi) is 5.25. The van der Waals surface area contributed by atoms with Gasteiger partial charge in [-0.3, -0.25) is 0 Å². The molecule has 1 heterocycles. The third-order valence-corrected chi connectivity index (χ3v) is 5.23. The molecule has 0 bridgehead atoms. The fourth-order valence-corrected chi connectivity index (χ4v) is 4.15. The molecule has 0 aromatic rings. The average molecular weight is 283 g/mol. The Morgan fingerprint density at radius 3 is 2.18 bits per heavy atom. The first-order chi connectivity index (χ1) is 7.47. The number of hydrogen-bond donors (Lipinski definition) is 1. The maximum absolute atomic E-state index is 12.1. The highest BCUT2D eigenvalue weighted by molar-refractivity contribution is 7.89. The number of rotatable bonds is 4. The minimum atomic E-state index is -3.01. The fourth-order valence-electron chi connectivity index (χ4n) is 2.35. The smallest absolute Gasteiger partial charge is 0.214 e. The van der Waals surface area contributed by atoms with Gasteiger partial charge in [0, 0.05) is 25.2 Å². The topological polar surface area (TPSA) is 49.4 Å². The summed E-state index contributed by atoms with van der Waals surface area (Å²) in [6.07, 6.45) is 3.31. The summed E-state index contributed by atoms with van der Waals surface area (Å²) in [5, 5.41) is 3.35. The van der Waals surface area contributed by atoms with Crippen LogP contribution < -0.4 is 5.32 Å². The van der Waals surface area contributed by atoms with E-state index in [9.17, 15) is 8.42 Å². The van der Waals surface area contributed by atoms with Gasteiger partial charge in [0.1, 0.15) is 0 Å². The van der Waals surface area contributed by atoms with E-state index in [0.29, 0.717) is 24.8 Å². The molecule has 2 unspecified atom stereocenters. The molecule has 0 spiro atoms. The van der Waals surface area contributed by atoms with Crippen molar-refractivity contribution in [1.82, 2.24) is 9.62 Å². The van der Waals surface area contributed by atoms with Gasteiger partial charge in [0.2, 0.25) is 10.0 Å². The first kappa shape index (κ1) is 15.2. The highest BCUT2D eigenvalue weighted by Gasteiger charge is 2.31. The molecular weight excluding hydrogens is 260 g/mol. The van der Waals surface area contributed by atoms with Crippen molar-refractivity contribution in [2.24, 2.45) is 5.92 Å². The lowest BCUT2D eigenvalue weighted by Crippen LogP contribution is -2.56. The number of piperazine rings is 1. The first-order valence-electron chi connectivity index (χ1n) is 6.21. The predicted octanol–water partition coefficient (Wildman–Crippen LogP) is 1.22. The van der Waals surface area contributed by atoms with Crippen LogP contribution in [0.1, 0.15) is 33.1 Å². The predicted molar refractivity (Wildman–Crippen MR) is 72.0 cm³/mol. The molecule has 0 radical (unpaired) electrons. The van der Waals surface area contributed by atoms with Gasteiger partial charge >= 0.3 is 0 Å². The molecule has 17 heavy (non-hydrogen) atoms. The summed E-state index contributed by atoms with van der Waals surface area (Å²) in [6, 6.07) is 0.527. The highest BCUT2D eigenvalue weighted by Crippen LogP contribution is 2.33. The van der Waals surface area contributed by atoms with E-state index >= 15 is 0 Å². The van der Waals surface area contributed by atoms with Crippen LogP contribution >= 0.6 is 12.4 Å². The molecular formula is C11H23ClN2O2S. The standard InChI is InChI=1S/C11H22N2O2S.ClH/c1-9-7-13(8-10(2)12-9)16(14,15)6-5-11-3-4-11;/h9-12H,3-8H2,1-2H3;1H. The summed E-state index contributed by atoms with van der Waals surface area (Å²) >= 11 is 0. The largest absolute Gasteiger partial charge is 0.309 e. The Labute approximate surface area is 111 Å². The summed E-state index contributed by atoms with van der Waals surface area (Å²) in [5.74, 6) is 1.03. The van der Waals surface area contributed by atoms with Gasteiger partial charge in [0.25, 0.3) is 0 Å². The summed E-state index contributed by atoms with van der Waals surface area (Å²) in [5.41, 5.74) is 0. The van der Waals surface area contributed by atoms with Crippen molar-refractivity contribution < 1.29 is 8.42 Å². The van der Waals surface area contributed by atoms with Crippen molar-refractivity contribution in [3.63, 3.8) is 0 Å². The maximum atomic E-state index is 12.1. The van der Waals surface area contributed by atoms with Gasteiger partial charge in [0.05, 0.1) is 5.75 Å². The number of nitrogens with zero attached hydrogens (tertiary/aromatic N) is 1. The van der Waals surface area contributed by atoms with Crippen LogP contribution in [0.3, 0.4) is 0 Å². The summed E-state index contributed by atoms with van der Waals surface area (Å²) in [7, 11) is -3.01. The van der Waals surface area contributed by atoms with Gasteiger partial charge in [-0.2, -0.15) is 4.31 Å². The van der Waals surface area contributed by atoms with Gasteiger partial charge < -0.3 is 5.32 Å². The van der Waals surface area contributed by atoms with E-state index in [2.05, 4.69) is 5.32 Å². The second-order valence-corrected chi connectivity index (χ2v) is 7.42. The van der Waals surface area contributed by atoms with Gasteiger partial charge in [-0.05, 0) is 26.2 Å². The molecule has 2 fully saturated rings. The average Bonchev–Trinajstić information content (AvgIpc) is 2.96. The molecule has 6 heteroatoms. The second kappa shape index (κ2) is 5.87. The van der Waals surface area contributed by atoms with Gasteiger partial charge in [-0.1, -0.05) is 12.8 Å². The van der Waals surface area contributed by atoms with Crippen LogP contribution in [0.4, 0.5) is 0 Å². The zero-order valence-corrected chi connectivity index (χ0v) is 12.2. The SMILES string of the molecule is CC1CN(S(=O)(=O)CCC2CC2)CC(C)N1.Cl. The Bertz CT molecular complexity index is 333. The Hall–Kier alpha value is 0.160. The Balaban J connectivity index is 0.00000144. The van der Waals surface area contributed by atoms with Crippen LogP contribution in [0.2, 0.25) is 0 Å². The first-order valence-corrected chi connectivity index (χ1v) is 7.82. The van der Waals surface area contributed by atoms with E-state index in [-0.39, 0.29) is 24.5 Å². The van der Waals surface area contributed by atoms with Crippen molar-refractivity contribution in [2.75, 3.05) is 18.8 Å². The van der Waals surface area contributed by atoms with Crippen LogP contribution in [-0.4, -0.2) is 43.6 Å². The summed E-state index contributed by atoms with van der Waals surface area (Å²) in [6.45, 7) is 5.33. The van der Waals surface area contributed by atoms with E-state index < -0.39 is 10.0 Å². The molecule has 0 aromatic heterocycles. The number of sulfonamides is 1. The Morgan fingerprint density at radius 2 is 1.71 bits per heavy atom. The number of hydrogen-bond acceptors (Lipinski definition) is 3. The summed E-state index contributed by atoms with van der Waals surface area (Å²) in [4.78, 5) is 0. The second-order valence-electron chi connectivity index (χ2n) is 5.33. The van der Waals surface area contributed by atoms with E-state index in [4.69, 9.17) is 0 Å². The molecule has 1 saturated carbocycles. The van der Waals surface area contributed by atoms with Crippen molar-refractivity contribution in [1.29, 1.82) is 0 Å². The third kappa shape index (κ3) is 4.39. The van der Waals surface area contributed by atoms with Gasteiger partial charge in [0.15, 0.2) is 0 Å². The van der Waals surface area contributed by atoms with E-state index in [1.807, 2.05) is 13.8 Å². The lowest BCUT2D eigenvalue weighted by Gasteiger charge is -2.35. The third-order valence-electron chi connectivity index (χ3n) is 3.40. The van der Waals surface area contributed by atoms with Crippen molar-refractivity contribution in [3.05, 3.63) is 0 Å². The Morgan fingerprint density at radius 1 is 1.18 bits per heavy atom. The van der Waals surface area contributed by atoms with Crippen LogP contribution in [0, 0.1) is 5.92 Å². The molecule has 1 saturated heterocycles. The molecule has 1 aliphatic carbocycles. The van der Waals surface area contributed by atoms with E-state index in [1.54, 1.807) is 4.31 Å². The van der Waals surface area contributed by atoms with Crippen molar-refractivity contribution in [3.8, 4) is 0 Å². The molecule has 0 amide bonds. The zero-order chi connectivity index (χ0) is 11.8. The highest BCUT2D eigenvalue weighted by atomic mass is 35.5. The van der Waals surface area contributed by atoms with Crippen LogP contribution in [0.5, 0.6) is 0 Å². The fraction of sp³-hybridized carbons (Fsp3) is 1.00. The maximum Gasteiger partial charge on any atom is 0.214 e. The normalized spacial score (nSPS) is 30.9. The molecule has 0 aromatic carbocycles. The number of nitrogens with one attached hydrogen (secondary N) is 1. The molecule has 1 aliphatic heterocycles. The van der Waals surface area contributed by atoms with E-state index in [1.165, 1.54) is 12.8 Å². The minimum absolute atomic E-state index is 0. The zero-order valence-electron chi connectivity index (χ0n) is 10.6. The number of halogens is 1. The van der Waals surface area contributed by atoms with Crippen molar-refractivity contribution >= 4 is 22.4 Å². The van der Waals surface area contributed by atoms with Crippen LogP contribution in [0.25, 0.3) is 0 Å². The van der Waals surface area contributed by atoms with Gasteiger partial charge in [-0.15, -0.1) is 12.4 Å². The van der Waals surface area contributed by atoms with Crippen LogP contribution in [-0.2, 0) is 10.0 Å². The van der Waals surface area contributed by atoms with Crippen LogP contribution in [0.15, 0.2) is 0 Å². The monoisotopic (exact) mass is 282 g/mol. The molecule has 102 valence electrons. The van der Waals surface area contributed by atoms with Gasteiger partial charge in [-0.25, -0.2) is 8.42 Å². The molecule has 2 rings (SSSR count). The molecule has 1 N–H and O–H groups in total. The lowest BCUT2D eigenvalue weighted by molar-refractivity contribution is 0.262. The molecule has 2 aliphatic rings. The lowest BCUT2D eigenvalue weighted by atomic mass is 10.2. The summed E-state index contributed by atoms with van der Waals surface area (Å²) < 4.78 is 25.9. The molecule has 2 atom stereocenters. The molecule has 4 nitrogen and oxygen atoms in total. The van der Waals surface area contributed by atoms with Crippen molar-refractivity contribution in [2.45, 2.75) is 45.2 Å².